The second kappa shape index (κ2) is 10.8. The summed E-state index contributed by atoms with van der Waals surface area (Å²) in [7, 11) is 1.63. The third-order valence-electron chi connectivity index (χ3n) is 6.57. The Kier molecular flexibility index (Phi) is 7.16. The zero-order chi connectivity index (χ0) is 24.9. The molecule has 0 radical (unpaired) electrons. The van der Waals surface area contributed by atoms with E-state index in [1.165, 1.54) is 0 Å². The van der Waals surface area contributed by atoms with Gasteiger partial charge >= 0.3 is 0 Å². The summed E-state index contributed by atoms with van der Waals surface area (Å²) in [5, 5.41) is 3.92. The van der Waals surface area contributed by atoms with E-state index < -0.39 is 0 Å². The van der Waals surface area contributed by atoms with E-state index in [0.29, 0.717) is 23.4 Å². The number of carbonyl (C=O) groups is 1. The summed E-state index contributed by atoms with van der Waals surface area (Å²) in [6.07, 6.45) is 2.50. The minimum atomic E-state index is -0.183. The van der Waals surface area contributed by atoms with Crippen LogP contribution in [0.25, 0.3) is 33.3 Å². The van der Waals surface area contributed by atoms with Crippen molar-refractivity contribution < 1.29 is 14.3 Å². The standard InChI is InChI=1S/C28H30N4O4/c1-35-21-8-5-19(6-9-21)25-23-18-20(27(33)29-12-3-13-32-14-16-36-17-15-32)7-10-24(23)31-26(25)22-4-2-11-30-28(22)34/h2,4-11,18,31H,3,12-17H2,1H3,(H,29,33)(H,30,34). The number of benzene rings is 2. The Balaban J connectivity index is 1.44. The number of morpholine rings is 1. The van der Waals surface area contributed by atoms with Crippen LogP contribution in [0.15, 0.2) is 65.6 Å². The van der Waals surface area contributed by atoms with Crippen molar-refractivity contribution in [2.45, 2.75) is 6.42 Å². The van der Waals surface area contributed by atoms with Gasteiger partial charge in [0.05, 0.1) is 31.6 Å². The summed E-state index contributed by atoms with van der Waals surface area (Å²) >= 11 is 0. The van der Waals surface area contributed by atoms with Crippen LogP contribution in [-0.4, -0.2) is 67.3 Å². The van der Waals surface area contributed by atoms with Gasteiger partial charge in [0.25, 0.3) is 11.5 Å². The molecular weight excluding hydrogens is 456 g/mol. The van der Waals surface area contributed by atoms with E-state index in [0.717, 1.165) is 67.0 Å². The average Bonchev–Trinajstić information content (AvgIpc) is 3.30. The molecule has 3 heterocycles. The number of carbonyl (C=O) groups excluding carboxylic acids is 1. The smallest absolute Gasteiger partial charge is 0.257 e. The number of aromatic nitrogens is 2. The number of ether oxygens (including phenoxy) is 2. The van der Waals surface area contributed by atoms with Crippen LogP contribution in [0, 0.1) is 0 Å². The van der Waals surface area contributed by atoms with E-state index in [2.05, 4.69) is 20.2 Å². The van der Waals surface area contributed by atoms with E-state index in [1.54, 1.807) is 25.4 Å². The first-order chi connectivity index (χ1) is 17.6. The van der Waals surface area contributed by atoms with Crippen molar-refractivity contribution in [3.8, 4) is 28.1 Å². The van der Waals surface area contributed by atoms with E-state index >= 15 is 0 Å². The Morgan fingerprint density at radius 3 is 2.67 bits per heavy atom. The van der Waals surface area contributed by atoms with Crippen molar-refractivity contribution >= 4 is 16.8 Å². The first-order valence-corrected chi connectivity index (χ1v) is 12.2. The Labute approximate surface area is 209 Å². The van der Waals surface area contributed by atoms with Gasteiger partial charge in [0.2, 0.25) is 0 Å². The molecule has 8 heteroatoms. The van der Waals surface area contributed by atoms with Gasteiger partial charge in [-0.25, -0.2) is 0 Å². The van der Waals surface area contributed by atoms with E-state index in [4.69, 9.17) is 9.47 Å². The van der Waals surface area contributed by atoms with Crippen molar-refractivity contribution in [3.05, 3.63) is 76.7 Å². The number of nitrogens with zero attached hydrogens (tertiary/aromatic N) is 1. The van der Waals surface area contributed by atoms with Gasteiger partial charge in [-0.05, 0) is 61.0 Å². The van der Waals surface area contributed by atoms with Crippen LogP contribution in [-0.2, 0) is 4.74 Å². The molecule has 0 aliphatic carbocycles. The molecular formula is C28H30N4O4. The third kappa shape index (κ3) is 5.05. The van der Waals surface area contributed by atoms with Gasteiger partial charge in [0, 0.05) is 47.9 Å². The lowest BCUT2D eigenvalue weighted by atomic mass is 9.98. The highest BCUT2D eigenvalue weighted by Gasteiger charge is 2.19. The van der Waals surface area contributed by atoms with E-state index in [9.17, 15) is 9.59 Å². The fourth-order valence-electron chi connectivity index (χ4n) is 4.64. The monoisotopic (exact) mass is 486 g/mol. The van der Waals surface area contributed by atoms with Gasteiger partial charge in [-0.3, -0.25) is 14.5 Å². The fourth-order valence-corrected chi connectivity index (χ4v) is 4.64. The predicted molar refractivity (Wildman–Crippen MR) is 141 cm³/mol. The lowest BCUT2D eigenvalue weighted by Crippen LogP contribution is -2.38. The van der Waals surface area contributed by atoms with Crippen molar-refractivity contribution in [2.75, 3.05) is 46.5 Å². The highest BCUT2D eigenvalue weighted by atomic mass is 16.5. The largest absolute Gasteiger partial charge is 0.497 e. The fraction of sp³-hybridized carbons (Fsp3) is 0.286. The number of methoxy groups -OCH3 is 1. The predicted octanol–water partition coefficient (Wildman–Crippen LogP) is 3.65. The number of amides is 1. The molecule has 1 aliphatic rings. The molecule has 186 valence electrons. The van der Waals surface area contributed by atoms with Crippen molar-refractivity contribution in [2.24, 2.45) is 0 Å². The Bertz CT molecular complexity index is 1400. The molecule has 4 aromatic rings. The summed E-state index contributed by atoms with van der Waals surface area (Å²) in [5.74, 6) is 0.634. The molecule has 1 fully saturated rings. The Morgan fingerprint density at radius 2 is 1.92 bits per heavy atom. The number of H-pyrrole nitrogens is 2. The number of hydrogen-bond acceptors (Lipinski definition) is 5. The van der Waals surface area contributed by atoms with Gasteiger partial charge < -0.3 is 24.8 Å². The first-order valence-electron chi connectivity index (χ1n) is 12.2. The zero-order valence-electron chi connectivity index (χ0n) is 20.3. The molecule has 0 spiro atoms. The van der Waals surface area contributed by atoms with E-state index in [1.807, 2.05) is 42.5 Å². The minimum absolute atomic E-state index is 0.111. The number of pyridine rings is 1. The number of rotatable bonds is 8. The molecule has 1 saturated heterocycles. The third-order valence-corrected chi connectivity index (χ3v) is 6.57. The van der Waals surface area contributed by atoms with Crippen LogP contribution < -0.4 is 15.6 Å². The molecule has 2 aromatic heterocycles. The molecule has 3 N–H and O–H groups in total. The second-order valence-electron chi connectivity index (χ2n) is 8.84. The molecule has 0 atom stereocenters. The first kappa shape index (κ1) is 23.8. The molecule has 0 saturated carbocycles. The van der Waals surface area contributed by atoms with Gasteiger partial charge in [0.1, 0.15) is 5.75 Å². The van der Waals surface area contributed by atoms with Gasteiger partial charge in [0.15, 0.2) is 0 Å². The lowest BCUT2D eigenvalue weighted by molar-refractivity contribution is 0.0374. The normalized spacial score (nSPS) is 14.1. The summed E-state index contributed by atoms with van der Waals surface area (Å²) in [6, 6.07) is 16.9. The maximum atomic E-state index is 13.0. The van der Waals surface area contributed by atoms with Gasteiger partial charge in [-0.15, -0.1) is 0 Å². The summed E-state index contributed by atoms with van der Waals surface area (Å²) < 4.78 is 10.7. The summed E-state index contributed by atoms with van der Waals surface area (Å²) in [4.78, 5) is 34.1. The van der Waals surface area contributed by atoms with Crippen LogP contribution in [0.2, 0.25) is 0 Å². The van der Waals surface area contributed by atoms with Crippen molar-refractivity contribution in [1.82, 2.24) is 20.2 Å². The van der Waals surface area contributed by atoms with Crippen LogP contribution in [0.1, 0.15) is 16.8 Å². The highest BCUT2D eigenvalue weighted by molar-refractivity contribution is 6.07. The van der Waals surface area contributed by atoms with E-state index in [-0.39, 0.29) is 11.5 Å². The molecule has 0 bridgehead atoms. The van der Waals surface area contributed by atoms with Crippen LogP contribution in [0.4, 0.5) is 0 Å². The molecule has 0 unspecified atom stereocenters. The molecule has 8 nitrogen and oxygen atoms in total. The molecule has 2 aromatic carbocycles. The maximum Gasteiger partial charge on any atom is 0.257 e. The summed E-state index contributed by atoms with van der Waals surface area (Å²) in [5.41, 5.74) is 4.28. The van der Waals surface area contributed by atoms with Gasteiger partial charge in [-0.2, -0.15) is 0 Å². The van der Waals surface area contributed by atoms with Gasteiger partial charge in [-0.1, -0.05) is 12.1 Å². The number of nitrogens with one attached hydrogen (secondary N) is 3. The maximum absolute atomic E-state index is 13.0. The molecule has 1 aliphatic heterocycles. The Hall–Kier alpha value is -3.88. The lowest BCUT2D eigenvalue weighted by Gasteiger charge is -2.26. The molecule has 36 heavy (non-hydrogen) atoms. The average molecular weight is 487 g/mol. The number of hydrogen-bond donors (Lipinski definition) is 3. The summed E-state index contributed by atoms with van der Waals surface area (Å²) in [6.45, 7) is 4.99. The Morgan fingerprint density at radius 1 is 1.11 bits per heavy atom. The molecule has 5 rings (SSSR count). The number of fused-ring (bicyclic) bond motifs is 1. The van der Waals surface area contributed by atoms with Crippen molar-refractivity contribution in [1.29, 1.82) is 0 Å². The quantitative estimate of drug-likeness (QED) is 0.330. The zero-order valence-corrected chi connectivity index (χ0v) is 20.3. The van der Waals surface area contributed by atoms with Crippen LogP contribution in [0.3, 0.4) is 0 Å². The number of aromatic amines is 2. The SMILES string of the molecule is COc1ccc(-c2c(-c3ccc[nH]c3=O)[nH]c3ccc(C(=O)NCCCN4CCOCC4)cc23)cc1. The molecule has 1 amide bonds. The van der Waals surface area contributed by atoms with Crippen molar-refractivity contribution in [3.63, 3.8) is 0 Å². The second-order valence-corrected chi connectivity index (χ2v) is 8.84. The minimum Gasteiger partial charge on any atom is -0.497 e. The van der Waals surface area contributed by atoms with Crippen LogP contribution in [0.5, 0.6) is 5.75 Å². The highest BCUT2D eigenvalue weighted by Crippen LogP contribution is 2.38. The van der Waals surface area contributed by atoms with Crippen LogP contribution >= 0.6 is 0 Å². The topological polar surface area (TPSA) is 99.5 Å².